The molecule has 10 aromatic heterocycles. The van der Waals surface area contributed by atoms with Crippen LogP contribution < -0.4 is 65.9 Å². The zero-order valence-electron chi connectivity index (χ0n) is 72.9. The van der Waals surface area contributed by atoms with Gasteiger partial charge in [0, 0.05) is 91.5 Å². The number of anilines is 10. The Morgan fingerprint density at radius 3 is 0.963 bits per heavy atom. The molecule has 0 spiro atoms. The standard InChI is InChI=1S/C19H21ClN6O2.C18H19ClN6O2.C18H21ClN6O2.2C17H17ClN6O2/c1-25-6-4-14(5-7-25)26-10-13(9-22-26)12-2-3-15(20)16(8-12)23-18(27)17-11-28-19(21)24-17;19-14-4-3-11(6-15(14)23-17(26)16-10-27-18(20)24-16)12-7-22-25(9-12)13-2-1-5-21-8-13;1-24(2)6-3-7-25-10-13(9-21-25)12-4-5-14(19)15(8-12)22-17(26)16-11-27-18(20)23-16;1-23-7-12(8-23)24-6-11(5-20-24)10-2-3-13(18)14(4-10)21-16(25)15-9-26-17(19)22-15;18-13-2-1-10(11-6-21-24(8-11)12-3-4-20-7-12)5-14(13)22-16(25)15-9-26-17(19)23-15/h2-3,8-11,14H,4-7H2,1H3,(H2,21,24)(H,23,27);3-4,6-7,9-10,13,21H,1-2,5,8H2,(H2,20,24)(H,23,26);4-5,8-11H,3,6-7H2,1-2H3,(H2,20,23)(H,22,26);2-6,9,12H,7-8H2,1H3,(H2,19,22)(H,21,25);1-2,5-6,8-9,12,20H,3-4,7H2,(H2,19,23)(H,22,25). The predicted molar refractivity (Wildman–Crippen MR) is 511 cm³/mol. The van der Waals surface area contributed by atoms with E-state index in [1.807, 2.05) is 136 Å². The molecule has 4 fully saturated rings. The zero-order chi connectivity index (χ0) is 94.2. The number of halogens is 5. The molecule has 0 radical (unpaired) electrons. The van der Waals surface area contributed by atoms with E-state index in [2.05, 4.69) is 116 Å². The lowest BCUT2D eigenvalue weighted by Gasteiger charge is -2.36. The number of hydrogen-bond donors (Lipinski definition) is 12. The van der Waals surface area contributed by atoms with Crippen LogP contribution in [0.25, 0.3) is 55.6 Å². The highest BCUT2D eigenvalue weighted by molar-refractivity contribution is 6.36. The number of nitrogen functional groups attached to an aromatic ring is 5. The second kappa shape index (κ2) is 43.4. The third kappa shape index (κ3) is 24.6. The monoisotopic (exact) mass is 1920 g/mol. The molecule has 40 nitrogen and oxygen atoms in total. The van der Waals surface area contributed by atoms with Gasteiger partial charge in [-0.2, -0.15) is 50.4 Å². The van der Waals surface area contributed by atoms with Gasteiger partial charge in [-0.05, 0) is 188 Å². The van der Waals surface area contributed by atoms with Gasteiger partial charge in [-0.3, -0.25) is 47.4 Å². The zero-order valence-corrected chi connectivity index (χ0v) is 76.6. The Labute approximate surface area is 791 Å². The van der Waals surface area contributed by atoms with Crippen LogP contribution in [0.5, 0.6) is 0 Å². The lowest BCUT2D eigenvalue weighted by atomic mass is 10.1. The largest absolute Gasteiger partial charge is 0.431 e. The minimum atomic E-state index is -0.450. The highest BCUT2D eigenvalue weighted by atomic mass is 35.5. The molecule has 4 aliphatic rings. The summed E-state index contributed by atoms with van der Waals surface area (Å²) in [4.78, 5) is 87.0. The minimum absolute atomic E-state index is 0.0636. The molecule has 696 valence electrons. The Morgan fingerprint density at radius 2 is 0.679 bits per heavy atom. The topological polar surface area (TPSA) is 529 Å². The van der Waals surface area contributed by atoms with Crippen molar-refractivity contribution in [3.05, 3.63) is 238 Å². The number of amides is 5. The van der Waals surface area contributed by atoms with Gasteiger partial charge in [-0.1, -0.05) is 88.3 Å². The van der Waals surface area contributed by atoms with E-state index in [0.717, 1.165) is 160 Å². The number of benzene rings is 5. The number of likely N-dealkylation sites (tertiary alicyclic amines) is 2. The van der Waals surface area contributed by atoms with E-state index < -0.39 is 29.5 Å². The molecule has 45 heteroatoms. The Bertz CT molecular complexity index is 6590. The van der Waals surface area contributed by atoms with Gasteiger partial charge < -0.3 is 103 Å². The second-order valence-electron chi connectivity index (χ2n) is 32.1. The van der Waals surface area contributed by atoms with E-state index >= 15 is 0 Å². The molecule has 134 heavy (non-hydrogen) atoms. The van der Waals surface area contributed by atoms with Crippen molar-refractivity contribution >= 4 is 146 Å². The third-order valence-corrected chi connectivity index (χ3v) is 23.7. The number of aryl methyl sites for hydroxylation is 1. The van der Waals surface area contributed by atoms with Crippen molar-refractivity contribution in [2.45, 2.75) is 69.2 Å². The summed E-state index contributed by atoms with van der Waals surface area (Å²) >= 11 is 31.1. The van der Waals surface area contributed by atoms with Gasteiger partial charge in [0.2, 0.25) is 0 Å². The van der Waals surface area contributed by atoms with Gasteiger partial charge in [0.1, 0.15) is 31.3 Å². The number of oxazole rings is 5. The lowest BCUT2D eigenvalue weighted by Crippen LogP contribution is -2.45. The van der Waals surface area contributed by atoms with E-state index in [9.17, 15) is 24.0 Å². The van der Waals surface area contributed by atoms with Crippen molar-refractivity contribution in [3.8, 4) is 55.6 Å². The summed E-state index contributed by atoms with van der Waals surface area (Å²) < 4.78 is 34.2. The Kier molecular flexibility index (Phi) is 30.6. The van der Waals surface area contributed by atoms with Gasteiger partial charge in [0.15, 0.2) is 28.5 Å². The van der Waals surface area contributed by atoms with Crippen LogP contribution in [0.3, 0.4) is 0 Å². The van der Waals surface area contributed by atoms with Crippen LogP contribution in [0.15, 0.2) is 206 Å². The van der Waals surface area contributed by atoms with E-state index in [1.54, 1.807) is 54.7 Å². The van der Waals surface area contributed by atoms with Crippen LogP contribution in [0.2, 0.25) is 25.1 Å². The highest BCUT2D eigenvalue weighted by Crippen LogP contribution is 2.37. The van der Waals surface area contributed by atoms with E-state index in [-0.39, 0.29) is 58.5 Å². The molecule has 4 saturated heterocycles. The number of carbonyl (C=O) groups is 5. The number of carbonyl (C=O) groups excluding carboxylic acids is 5. The number of nitrogens with two attached hydrogens (primary N) is 5. The SMILES string of the molecule is CN(C)CCCn1cc(-c2ccc(Cl)c(NC(=O)c3coc(N)n3)c2)cn1.CN1CC(n2cc(-c3ccc(Cl)c(NC(=O)c4coc(N)n4)c3)cn2)C1.CN1CCC(n2cc(-c3ccc(Cl)c(NC(=O)c4coc(N)n4)c3)cn2)CC1.Nc1nc(C(=O)Nc2cc(-c3cnn(C4CCCNC4)c3)ccc2Cl)co1.Nc1nc(C(=O)Nc2cc(-c3cnn(C4CCNC4)c3)ccc2Cl)co1. The van der Waals surface area contributed by atoms with Gasteiger partial charge in [0.25, 0.3) is 59.6 Å². The summed E-state index contributed by atoms with van der Waals surface area (Å²) in [7, 11) is 8.32. The first-order valence-corrected chi connectivity index (χ1v) is 44.2. The molecule has 0 bridgehead atoms. The molecular formula is C89H95Cl5N30O10. The summed E-state index contributed by atoms with van der Waals surface area (Å²) in [6, 6.07) is 28.4. The summed E-state index contributed by atoms with van der Waals surface area (Å²) in [5.74, 6) is -2.23. The smallest absolute Gasteiger partial charge is 0.292 e. The van der Waals surface area contributed by atoms with Crippen LogP contribution in [-0.2, 0) is 6.54 Å². The fourth-order valence-corrected chi connectivity index (χ4v) is 15.7. The Hall–Kier alpha value is -14.2. The summed E-state index contributed by atoms with van der Waals surface area (Å²) in [5.41, 5.74) is 39.2. The first-order chi connectivity index (χ1) is 64.6. The van der Waals surface area contributed by atoms with Crippen LogP contribution in [0, 0.1) is 0 Å². The summed E-state index contributed by atoms with van der Waals surface area (Å²) in [6.07, 6.45) is 31.6. The van der Waals surface area contributed by atoms with Crippen LogP contribution in [0.1, 0.15) is 115 Å². The van der Waals surface area contributed by atoms with Crippen LogP contribution in [0.4, 0.5) is 58.5 Å². The van der Waals surface area contributed by atoms with E-state index in [4.69, 9.17) is 109 Å². The fourth-order valence-electron chi connectivity index (χ4n) is 14.8. The predicted octanol–water partition coefficient (Wildman–Crippen LogP) is 14.3. The van der Waals surface area contributed by atoms with Gasteiger partial charge in [-0.15, -0.1) is 0 Å². The number of piperidine rings is 2. The van der Waals surface area contributed by atoms with Crippen LogP contribution >= 0.6 is 58.0 Å². The molecule has 15 aromatic rings. The Morgan fingerprint density at radius 1 is 0.381 bits per heavy atom. The second-order valence-corrected chi connectivity index (χ2v) is 34.2. The molecule has 19 rings (SSSR count). The van der Waals surface area contributed by atoms with Crippen LogP contribution in [-0.4, -0.2) is 205 Å². The molecule has 2 atom stereocenters. The third-order valence-electron chi connectivity index (χ3n) is 22.1. The molecular weight excluding hydrogens is 1830 g/mol. The number of likely N-dealkylation sites (N-methyl/N-ethyl adjacent to an activating group) is 1. The van der Waals surface area contributed by atoms with Crippen molar-refractivity contribution in [1.29, 1.82) is 0 Å². The number of aromatic nitrogens is 15. The number of nitrogens with zero attached hydrogens (tertiary/aromatic N) is 18. The van der Waals surface area contributed by atoms with Gasteiger partial charge in [-0.25, -0.2) is 0 Å². The van der Waals surface area contributed by atoms with Crippen molar-refractivity contribution < 1.29 is 46.1 Å². The molecule has 0 saturated carbocycles. The molecule has 5 amide bonds. The Balaban J connectivity index is 0.000000128. The minimum Gasteiger partial charge on any atom is -0.431 e. The number of hydrogen-bond acceptors (Lipinski definition) is 30. The maximum atomic E-state index is 12.3. The average molecular weight is 1920 g/mol. The lowest BCUT2D eigenvalue weighted by molar-refractivity contribution is 0.101. The molecule has 17 N–H and O–H groups in total. The molecule has 14 heterocycles. The maximum Gasteiger partial charge on any atom is 0.292 e. The first-order valence-electron chi connectivity index (χ1n) is 42.3. The highest BCUT2D eigenvalue weighted by Gasteiger charge is 2.28. The van der Waals surface area contributed by atoms with Crippen molar-refractivity contribution in [2.24, 2.45) is 0 Å². The molecule has 4 aliphatic heterocycles. The molecule has 2 unspecified atom stereocenters. The van der Waals surface area contributed by atoms with Crippen molar-refractivity contribution in [2.75, 3.05) is 142 Å². The summed E-state index contributed by atoms with van der Waals surface area (Å²) in [5, 5.41) is 44.8. The summed E-state index contributed by atoms with van der Waals surface area (Å²) in [6.45, 7) is 9.86. The first kappa shape index (κ1) is 94.4. The average Bonchev–Trinajstić information content (AvgIpc) is 1.67. The van der Waals surface area contributed by atoms with Gasteiger partial charge in [0.05, 0.1) is 109 Å². The number of rotatable bonds is 23. The fraction of sp³-hybridized carbons (Fsp3) is 0.270. The maximum absolute atomic E-state index is 12.3. The molecule has 0 aliphatic carbocycles. The quantitative estimate of drug-likeness (QED) is 0.0283. The normalized spacial score (nSPS) is 15.1. The van der Waals surface area contributed by atoms with Gasteiger partial charge >= 0.3 is 0 Å². The van der Waals surface area contributed by atoms with Crippen molar-refractivity contribution in [3.63, 3.8) is 0 Å². The molecule has 5 aromatic carbocycles. The van der Waals surface area contributed by atoms with Crippen molar-refractivity contribution in [1.82, 2.24) is 99.2 Å². The van der Waals surface area contributed by atoms with E-state index in [1.165, 1.54) is 31.3 Å². The van der Waals surface area contributed by atoms with E-state index in [0.29, 0.717) is 77.7 Å². The number of nitrogens with one attached hydrogen (secondary N) is 7.